The number of hydrogen-bond acceptors (Lipinski definition) is 5. The van der Waals surface area contributed by atoms with E-state index in [0.29, 0.717) is 30.4 Å². The fourth-order valence-corrected chi connectivity index (χ4v) is 2.02. The summed E-state index contributed by atoms with van der Waals surface area (Å²) in [6.45, 7) is -0.552. The molecule has 26 heavy (non-hydrogen) atoms. The van der Waals surface area contributed by atoms with Gasteiger partial charge in [-0.3, -0.25) is 9.59 Å². The number of aliphatic hydroxyl groups excluding tert-OH is 1. The summed E-state index contributed by atoms with van der Waals surface area (Å²) in [5, 5.41) is 11.6. The lowest BCUT2D eigenvalue weighted by Crippen LogP contribution is -2.44. The van der Waals surface area contributed by atoms with Crippen LogP contribution in [0, 0.1) is 11.8 Å². The SMILES string of the molecule is COC(=O)[C@H](CO)NC(=O)c1cccc(C#CCCCC(=O)N(C)C)c1. The number of carbonyl (C=O) groups is 3. The van der Waals surface area contributed by atoms with E-state index in [4.69, 9.17) is 5.11 Å². The van der Waals surface area contributed by atoms with E-state index in [0.717, 1.165) is 0 Å². The van der Waals surface area contributed by atoms with Crippen molar-refractivity contribution in [2.45, 2.75) is 25.3 Å². The van der Waals surface area contributed by atoms with Crippen molar-refractivity contribution in [1.29, 1.82) is 0 Å². The average molecular weight is 360 g/mol. The molecule has 0 aliphatic carbocycles. The monoisotopic (exact) mass is 360 g/mol. The molecule has 1 aromatic rings. The number of amides is 2. The Morgan fingerprint density at radius 2 is 2.04 bits per heavy atom. The summed E-state index contributed by atoms with van der Waals surface area (Å²) in [6.07, 6.45) is 1.69. The predicted molar refractivity (Wildman–Crippen MR) is 96.2 cm³/mol. The van der Waals surface area contributed by atoms with Crippen LogP contribution >= 0.6 is 0 Å². The molecule has 0 aliphatic rings. The molecule has 0 heterocycles. The van der Waals surface area contributed by atoms with E-state index in [1.54, 1.807) is 43.3 Å². The highest BCUT2D eigenvalue weighted by molar-refractivity contribution is 5.97. The molecule has 0 aliphatic heterocycles. The van der Waals surface area contributed by atoms with Crippen LogP contribution in [0.5, 0.6) is 0 Å². The molecule has 1 atom stereocenters. The van der Waals surface area contributed by atoms with Crippen LogP contribution in [0.15, 0.2) is 24.3 Å². The predicted octanol–water partition coefficient (Wildman–Crippen LogP) is 0.560. The Morgan fingerprint density at radius 3 is 2.65 bits per heavy atom. The minimum atomic E-state index is -1.11. The molecule has 7 nitrogen and oxygen atoms in total. The zero-order valence-electron chi connectivity index (χ0n) is 15.2. The van der Waals surface area contributed by atoms with Gasteiger partial charge in [0.15, 0.2) is 6.04 Å². The second kappa shape index (κ2) is 10.9. The van der Waals surface area contributed by atoms with Crippen LogP contribution in [-0.2, 0) is 14.3 Å². The van der Waals surface area contributed by atoms with Gasteiger partial charge in [0.05, 0.1) is 13.7 Å². The van der Waals surface area contributed by atoms with E-state index >= 15 is 0 Å². The second-order valence-corrected chi connectivity index (χ2v) is 5.76. The van der Waals surface area contributed by atoms with E-state index in [-0.39, 0.29) is 5.91 Å². The molecule has 0 aromatic heterocycles. The number of ether oxygens (including phenoxy) is 1. The van der Waals surface area contributed by atoms with Crippen molar-refractivity contribution in [3.05, 3.63) is 35.4 Å². The molecule has 0 spiro atoms. The number of benzene rings is 1. The maximum Gasteiger partial charge on any atom is 0.330 e. The van der Waals surface area contributed by atoms with Crippen molar-refractivity contribution in [2.75, 3.05) is 27.8 Å². The largest absolute Gasteiger partial charge is 0.467 e. The molecule has 140 valence electrons. The Kier molecular flexibility index (Phi) is 8.88. The molecule has 7 heteroatoms. The first-order valence-electron chi connectivity index (χ1n) is 8.17. The van der Waals surface area contributed by atoms with Crippen molar-refractivity contribution in [2.24, 2.45) is 0 Å². The summed E-state index contributed by atoms with van der Waals surface area (Å²) in [7, 11) is 4.61. The van der Waals surface area contributed by atoms with Crippen molar-refractivity contribution < 1.29 is 24.2 Å². The number of nitrogens with zero attached hydrogens (tertiary/aromatic N) is 1. The van der Waals surface area contributed by atoms with Crippen molar-refractivity contribution in [3.63, 3.8) is 0 Å². The summed E-state index contributed by atoms with van der Waals surface area (Å²) < 4.78 is 4.51. The van der Waals surface area contributed by atoms with Crippen molar-refractivity contribution in [1.82, 2.24) is 10.2 Å². The molecule has 0 saturated carbocycles. The van der Waals surface area contributed by atoms with Crippen LogP contribution in [0.3, 0.4) is 0 Å². The summed E-state index contributed by atoms with van der Waals surface area (Å²) in [6, 6.07) is 5.51. The van der Waals surface area contributed by atoms with Crippen LogP contribution in [-0.4, -0.2) is 61.6 Å². The van der Waals surface area contributed by atoms with Crippen LogP contribution in [0.1, 0.15) is 35.2 Å². The van der Waals surface area contributed by atoms with E-state index < -0.39 is 24.5 Å². The van der Waals surface area contributed by atoms with E-state index in [1.807, 2.05) is 0 Å². The molecule has 1 aromatic carbocycles. The van der Waals surface area contributed by atoms with Gasteiger partial charge in [0.25, 0.3) is 5.91 Å². The first kappa shape index (κ1) is 21.2. The number of nitrogens with one attached hydrogen (secondary N) is 1. The van der Waals surface area contributed by atoms with Gasteiger partial charge in [-0.05, 0) is 24.6 Å². The lowest BCUT2D eigenvalue weighted by Gasteiger charge is -2.13. The Morgan fingerprint density at radius 1 is 1.31 bits per heavy atom. The lowest BCUT2D eigenvalue weighted by molar-refractivity contribution is -0.143. The highest BCUT2D eigenvalue weighted by atomic mass is 16.5. The summed E-state index contributed by atoms with van der Waals surface area (Å²) >= 11 is 0. The van der Waals surface area contributed by atoms with Gasteiger partial charge in [0.1, 0.15) is 0 Å². The van der Waals surface area contributed by atoms with E-state index in [9.17, 15) is 14.4 Å². The highest BCUT2D eigenvalue weighted by Crippen LogP contribution is 2.05. The molecule has 0 radical (unpaired) electrons. The molecule has 2 N–H and O–H groups in total. The standard InChI is InChI=1S/C19H24N2O5/c1-21(2)17(23)11-6-4-5-8-14-9-7-10-15(12-14)18(24)20-16(13-22)19(25)26-3/h7,9-10,12,16,22H,4,6,11,13H2,1-3H3,(H,20,24)/t16-/m0/s1. The number of rotatable bonds is 7. The third kappa shape index (κ3) is 6.95. The summed E-state index contributed by atoms with van der Waals surface area (Å²) in [4.78, 5) is 36.6. The van der Waals surface area contributed by atoms with Gasteiger partial charge in [-0.25, -0.2) is 4.79 Å². The van der Waals surface area contributed by atoms with Crippen LogP contribution in [0.4, 0.5) is 0 Å². The first-order chi connectivity index (χ1) is 12.4. The fourth-order valence-electron chi connectivity index (χ4n) is 2.02. The molecule has 0 bridgehead atoms. The van der Waals surface area contributed by atoms with Crippen LogP contribution in [0.25, 0.3) is 0 Å². The third-order valence-electron chi connectivity index (χ3n) is 3.52. The van der Waals surface area contributed by atoms with Gasteiger partial charge < -0.3 is 20.1 Å². The maximum absolute atomic E-state index is 12.2. The quantitative estimate of drug-likeness (QED) is 0.421. The smallest absolute Gasteiger partial charge is 0.330 e. The molecular weight excluding hydrogens is 336 g/mol. The molecular formula is C19H24N2O5. The molecule has 2 amide bonds. The number of esters is 1. The van der Waals surface area contributed by atoms with E-state index in [2.05, 4.69) is 21.9 Å². The maximum atomic E-state index is 12.2. The van der Waals surface area contributed by atoms with Gasteiger partial charge >= 0.3 is 5.97 Å². The van der Waals surface area contributed by atoms with Crippen molar-refractivity contribution in [3.8, 4) is 11.8 Å². The summed E-state index contributed by atoms with van der Waals surface area (Å²) in [5.41, 5.74) is 0.970. The third-order valence-corrected chi connectivity index (χ3v) is 3.52. The normalized spacial score (nSPS) is 10.9. The number of methoxy groups -OCH3 is 1. The zero-order chi connectivity index (χ0) is 19.5. The van der Waals surface area contributed by atoms with Crippen LogP contribution in [0.2, 0.25) is 0 Å². The molecule has 1 rings (SSSR count). The summed E-state index contributed by atoms with van der Waals surface area (Å²) in [5.74, 6) is 4.76. The average Bonchev–Trinajstić information content (AvgIpc) is 2.64. The highest BCUT2D eigenvalue weighted by Gasteiger charge is 2.21. The Labute approximate surface area is 153 Å². The Bertz CT molecular complexity index is 703. The minimum absolute atomic E-state index is 0.0644. The first-order valence-corrected chi connectivity index (χ1v) is 8.17. The van der Waals surface area contributed by atoms with Crippen LogP contribution < -0.4 is 5.32 Å². The Hall–Kier alpha value is -2.85. The van der Waals surface area contributed by atoms with Gasteiger partial charge in [-0.1, -0.05) is 17.9 Å². The number of aliphatic hydroxyl groups is 1. The van der Waals surface area contributed by atoms with Crippen molar-refractivity contribution >= 4 is 17.8 Å². The van der Waals surface area contributed by atoms with Gasteiger partial charge in [0, 0.05) is 38.1 Å². The number of carbonyl (C=O) groups excluding carboxylic acids is 3. The van der Waals surface area contributed by atoms with E-state index in [1.165, 1.54) is 7.11 Å². The molecule has 0 saturated heterocycles. The van der Waals surface area contributed by atoms with Gasteiger partial charge in [-0.15, -0.1) is 0 Å². The fraction of sp³-hybridized carbons (Fsp3) is 0.421. The van der Waals surface area contributed by atoms with Gasteiger partial charge in [-0.2, -0.15) is 0 Å². The second-order valence-electron chi connectivity index (χ2n) is 5.76. The zero-order valence-corrected chi connectivity index (χ0v) is 15.2. The number of unbranched alkanes of at least 4 members (excludes halogenated alkanes) is 1. The molecule has 0 fully saturated rings. The topological polar surface area (TPSA) is 95.9 Å². The molecule has 0 unspecified atom stereocenters. The lowest BCUT2D eigenvalue weighted by atomic mass is 10.1. The minimum Gasteiger partial charge on any atom is -0.467 e. The number of hydrogen-bond donors (Lipinski definition) is 2. The van der Waals surface area contributed by atoms with Gasteiger partial charge in [0.2, 0.25) is 5.91 Å². The Balaban J connectivity index is 2.65.